The van der Waals surface area contributed by atoms with E-state index in [9.17, 15) is 8.42 Å². The van der Waals surface area contributed by atoms with Crippen LogP contribution in [-0.4, -0.2) is 14.6 Å². The number of nitrogens with zero attached hydrogens (tertiary/aromatic N) is 1. The fraction of sp³-hybridized carbons (Fsp3) is 0.154. The molecular formula is C13H14N2O3S. The van der Waals surface area contributed by atoms with Gasteiger partial charge in [-0.25, -0.2) is 0 Å². The Bertz CT molecular complexity index is 685. The van der Waals surface area contributed by atoms with E-state index in [0.717, 1.165) is 11.3 Å². The topological polar surface area (TPSA) is 71.7 Å². The number of aryl methyl sites for hydroxylation is 2. The highest BCUT2D eigenvalue weighted by molar-refractivity contribution is 7.89. The van der Waals surface area contributed by atoms with Gasteiger partial charge in [0, 0.05) is 0 Å². The molecule has 1 heterocycles. The Kier molecular flexibility index (Phi) is 3.71. The van der Waals surface area contributed by atoms with Crippen molar-refractivity contribution in [3.05, 3.63) is 53.5 Å². The Labute approximate surface area is 112 Å². The largest absolute Gasteiger partial charge is 0.460 e. The minimum atomic E-state index is -3.63. The molecule has 0 aliphatic carbocycles. The number of nitrogens with one attached hydrogen (secondary N) is 1. The molecule has 2 rings (SSSR count). The summed E-state index contributed by atoms with van der Waals surface area (Å²) in [4.78, 5) is 2.31. The molecule has 1 aromatic heterocycles. The zero-order chi connectivity index (χ0) is 13.9. The third kappa shape index (κ3) is 3.45. The van der Waals surface area contributed by atoms with Gasteiger partial charge < -0.3 is 4.42 Å². The second-order valence-electron chi connectivity index (χ2n) is 4.11. The van der Waals surface area contributed by atoms with Crippen LogP contribution in [0, 0.1) is 13.8 Å². The third-order valence-corrected chi connectivity index (χ3v) is 3.70. The molecule has 1 N–H and O–H groups in total. The van der Waals surface area contributed by atoms with Crippen LogP contribution in [0.15, 0.2) is 50.8 Å². The van der Waals surface area contributed by atoms with Gasteiger partial charge in [0.1, 0.15) is 11.5 Å². The van der Waals surface area contributed by atoms with Gasteiger partial charge in [-0.15, -0.1) is 0 Å². The van der Waals surface area contributed by atoms with Crippen LogP contribution >= 0.6 is 0 Å². The lowest BCUT2D eigenvalue weighted by atomic mass is 10.2. The van der Waals surface area contributed by atoms with Gasteiger partial charge in [-0.3, -0.25) is 0 Å². The summed E-state index contributed by atoms with van der Waals surface area (Å²) in [7, 11) is -3.63. The zero-order valence-corrected chi connectivity index (χ0v) is 11.4. The molecular weight excluding hydrogens is 264 g/mol. The maximum Gasteiger partial charge on any atom is 0.276 e. The second-order valence-corrected chi connectivity index (χ2v) is 5.78. The Hall–Kier alpha value is -2.08. The average Bonchev–Trinajstić information content (AvgIpc) is 2.75. The summed E-state index contributed by atoms with van der Waals surface area (Å²) < 4.78 is 29.0. The SMILES string of the molecule is Cc1ccc(S(=O)(=O)NN=Cc2ccc(C)o2)cc1. The molecule has 0 aliphatic rings. The highest BCUT2D eigenvalue weighted by atomic mass is 32.2. The minimum Gasteiger partial charge on any atom is -0.460 e. The first-order valence-corrected chi connectivity index (χ1v) is 7.14. The molecule has 0 radical (unpaired) electrons. The van der Waals surface area contributed by atoms with Crippen LogP contribution in [0.25, 0.3) is 0 Å². The second kappa shape index (κ2) is 5.27. The summed E-state index contributed by atoms with van der Waals surface area (Å²) in [6.07, 6.45) is 1.32. The van der Waals surface area contributed by atoms with Crippen LogP contribution < -0.4 is 4.83 Å². The maximum atomic E-state index is 11.9. The van der Waals surface area contributed by atoms with Gasteiger partial charge in [0.05, 0.1) is 11.1 Å². The molecule has 5 nitrogen and oxygen atoms in total. The first-order valence-electron chi connectivity index (χ1n) is 5.65. The van der Waals surface area contributed by atoms with Crippen LogP contribution in [0.4, 0.5) is 0 Å². The van der Waals surface area contributed by atoms with E-state index in [1.54, 1.807) is 31.2 Å². The lowest BCUT2D eigenvalue weighted by molar-refractivity contribution is 0.527. The molecule has 0 atom stereocenters. The third-order valence-electron chi connectivity index (χ3n) is 2.46. The first-order chi connectivity index (χ1) is 8.97. The van der Waals surface area contributed by atoms with Crippen LogP contribution in [0.1, 0.15) is 17.1 Å². The number of benzene rings is 1. The summed E-state index contributed by atoms with van der Waals surface area (Å²) in [6.45, 7) is 3.69. The highest BCUT2D eigenvalue weighted by Crippen LogP contribution is 2.09. The molecule has 100 valence electrons. The van der Waals surface area contributed by atoms with E-state index >= 15 is 0 Å². The quantitative estimate of drug-likeness (QED) is 0.688. The summed E-state index contributed by atoms with van der Waals surface area (Å²) in [5, 5.41) is 3.67. The molecule has 0 bridgehead atoms. The Morgan fingerprint density at radius 3 is 2.37 bits per heavy atom. The molecule has 19 heavy (non-hydrogen) atoms. The van der Waals surface area contributed by atoms with Crippen molar-refractivity contribution in [3.63, 3.8) is 0 Å². The van der Waals surface area contributed by atoms with Gasteiger partial charge in [0.2, 0.25) is 0 Å². The molecule has 1 aromatic carbocycles. The lowest BCUT2D eigenvalue weighted by Gasteiger charge is -2.02. The Balaban J connectivity index is 2.09. The van der Waals surface area contributed by atoms with Crippen LogP contribution in [0.2, 0.25) is 0 Å². The Morgan fingerprint density at radius 1 is 1.11 bits per heavy atom. The van der Waals surface area contributed by atoms with Crippen molar-refractivity contribution in [1.82, 2.24) is 4.83 Å². The lowest BCUT2D eigenvalue weighted by Crippen LogP contribution is -2.18. The van der Waals surface area contributed by atoms with Gasteiger partial charge in [0.15, 0.2) is 0 Å². The molecule has 6 heteroatoms. The van der Waals surface area contributed by atoms with Crippen molar-refractivity contribution >= 4 is 16.2 Å². The number of hydrazone groups is 1. The first kappa shape index (κ1) is 13.4. The van der Waals surface area contributed by atoms with Gasteiger partial charge >= 0.3 is 0 Å². The van der Waals surface area contributed by atoms with Crippen molar-refractivity contribution in [2.75, 3.05) is 0 Å². The molecule has 0 unspecified atom stereocenters. The number of sulfonamides is 1. The predicted molar refractivity (Wildman–Crippen MR) is 72.5 cm³/mol. The van der Waals surface area contributed by atoms with Gasteiger partial charge in [-0.1, -0.05) is 17.7 Å². The fourth-order valence-electron chi connectivity index (χ4n) is 1.45. The van der Waals surface area contributed by atoms with E-state index < -0.39 is 10.0 Å². The predicted octanol–water partition coefficient (Wildman–Crippen LogP) is 2.21. The van der Waals surface area contributed by atoms with Crippen LogP contribution in [0.3, 0.4) is 0 Å². The van der Waals surface area contributed by atoms with Gasteiger partial charge in [-0.05, 0) is 38.1 Å². The molecule has 0 saturated carbocycles. The number of hydrogen-bond acceptors (Lipinski definition) is 4. The molecule has 0 spiro atoms. The van der Waals surface area contributed by atoms with Crippen LogP contribution in [0.5, 0.6) is 0 Å². The van der Waals surface area contributed by atoms with E-state index in [2.05, 4.69) is 9.93 Å². The van der Waals surface area contributed by atoms with Crippen molar-refractivity contribution in [2.45, 2.75) is 18.7 Å². The van der Waals surface area contributed by atoms with Gasteiger partial charge in [-0.2, -0.15) is 18.4 Å². The standard InChI is InChI=1S/C13H14N2O3S/c1-10-3-7-13(8-4-10)19(16,17)15-14-9-12-6-5-11(2)18-12/h3-9,15H,1-2H3. The summed E-state index contributed by atoms with van der Waals surface area (Å²) >= 11 is 0. The fourth-order valence-corrected chi connectivity index (χ4v) is 2.24. The monoisotopic (exact) mass is 278 g/mol. The van der Waals surface area contributed by atoms with Crippen molar-refractivity contribution in [2.24, 2.45) is 5.10 Å². The van der Waals surface area contributed by atoms with Crippen molar-refractivity contribution < 1.29 is 12.8 Å². The van der Waals surface area contributed by atoms with Gasteiger partial charge in [0.25, 0.3) is 10.0 Å². The number of hydrogen-bond donors (Lipinski definition) is 1. The summed E-state index contributed by atoms with van der Waals surface area (Å²) in [6, 6.07) is 10.0. The highest BCUT2D eigenvalue weighted by Gasteiger charge is 2.11. The molecule has 0 aliphatic heterocycles. The van der Waals surface area contributed by atoms with E-state index in [4.69, 9.17) is 4.42 Å². The average molecular weight is 278 g/mol. The zero-order valence-electron chi connectivity index (χ0n) is 10.6. The maximum absolute atomic E-state index is 11.9. The minimum absolute atomic E-state index is 0.172. The molecule has 0 amide bonds. The summed E-state index contributed by atoms with van der Waals surface area (Å²) in [5.41, 5.74) is 0.994. The van der Waals surface area contributed by atoms with E-state index in [1.807, 2.05) is 6.92 Å². The van der Waals surface area contributed by atoms with Crippen LogP contribution in [-0.2, 0) is 10.0 Å². The number of furan rings is 1. The smallest absolute Gasteiger partial charge is 0.276 e. The normalized spacial score (nSPS) is 11.9. The molecule has 0 fully saturated rings. The van der Waals surface area contributed by atoms with Crippen molar-refractivity contribution in [1.29, 1.82) is 0 Å². The van der Waals surface area contributed by atoms with Crippen molar-refractivity contribution in [3.8, 4) is 0 Å². The van der Waals surface area contributed by atoms with E-state index in [1.165, 1.54) is 18.3 Å². The molecule has 0 saturated heterocycles. The van der Waals surface area contributed by atoms with E-state index in [0.29, 0.717) is 5.76 Å². The van der Waals surface area contributed by atoms with E-state index in [-0.39, 0.29) is 4.90 Å². The molecule has 2 aromatic rings. The summed E-state index contributed by atoms with van der Waals surface area (Å²) in [5.74, 6) is 1.23. The Morgan fingerprint density at radius 2 is 1.79 bits per heavy atom. The number of rotatable bonds is 4.